The summed E-state index contributed by atoms with van der Waals surface area (Å²) in [5, 5.41) is 3.38. The molecule has 0 bridgehead atoms. The molecular formula is C15H18FNO. The van der Waals surface area contributed by atoms with Crippen molar-refractivity contribution in [1.82, 2.24) is 5.32 Å². The molecule has 0 aliphatic carbocycles. The van der Waals surface area contributed by atoms with Crippen LogP contribution in [0.3, 0.4) is 0 Å². The van der Waals surface area contributed by atoms with Crippen LogP contribution in [-0.2, 0) is 0 Å². The quantitative estimate of drug-likeness (QED) is 0.878. The Morgan fingerprint density at radius 2 is 1.94 bits per heavy atom. The van der Waals surface area contributed by atoms with Gasteiger partial charge in [-0.05, 0) is 50.1 Å². The van der Waals surface area contributed by atoms with E-state index in [9.17, 15) is 4.39 Å². The Morgan fingerprint density at radius 3 is 2.56 bits per heavy atom. The molecule has 0 fully saturated rings. The van der Waals surface area contributed by atoms with Crippen LogP contribution in [0.4, 0.5) is 4.39 Å². The van der Waals surface area contributed by atoms with Crippen molar-refractivity contribution in [2.24, 2.45) is 0 Å². The zero-order valence-corrected chi connectivity index (χ0v) is 10.9. The minimum absolute atomic E-state index is 0.0696. The van der Waals surface area contributed by atoms with Crippen molar-refractivity contribution in [3.05, 3.63) is 59.3 Å². The maximum Gasteiger partial charge on any atom is 0.126 e. The fourth-order valence-corrected chi connectivity index (χ4v) is 1.97. The second-order valence-electron chi connectivity index (χ2n) is 4.63. The van der Waals surface area contributed by atoms with E-state index in [-0.39, 0.29) is 17.9 Å². The number of halogens is 1. The van der Waals surface area contributed by atoms with Crippen molar-refractivity contribution in [2.75, 3.05) is 0 Å². The molecule has 0 amide bonds. The standard InChI is InChI=1S/C15H18FNO/c1-10-6-7-13(9-14(10)16)11(2)17-12(3)15-5-4-8-18-15/h4-9,11-12,17H,1-3H3. The molecule has 2 atom stereocenters. The molecule has 0 saturated carbocycles. The zero-order valence-electron chi connectivity index (χ0n) is 10.9. The van der Waals surface area contributed by atoms with E-state index in [1.165, 1.54) is 0 Å². The van der Waals surface area contributed by atoms with Crippen molar-refractivity contribution in [3.8, 4) is 0 Å². The van der Waals surface area contributed by atoms with Crippen LogP contribution in [0.2, 0.25) is 0 Å². The first kappa shape index (κ1) is 12.8. The number of benzene rings is 1. The van der Waals surface area contributed by atoms with Crippen LogP contribution in [0, 0.1) is 12.7 Å². The van der Waals surface area contributed by atoms with E-state index in [0.717, 1.165) is 11.3 Å². The summed E-state index contributed by atoms with van der Waals surface area (Å²) in [5.74, 6) is 0.723. The molecule has 1 aromatic heterocycles. The van der Waals surface area contributed by atoms with Gasteiger partial charge in [0.05, 0.1) is 12.3 Å². The summed E-state index contributed by atoms with van der Waals surface area (Å²) in [6, 6.07) is 9.30. The van der Waals surface area contributed by atoms with Gasteiger partial charge in [-0.2, -0.15) is 0 Å². The normalized spacial score (nSPS) is 14.4. The minimum atomic E-state index is -0.160. The Bertz CT molecular complexity index is 507. The summed E-state index contributed by atoms with van der Waals surface area (Å²) in [5.41, 5.74) is 1.61. The highest BCUT2D eigenvalue weighted by Gasteiger charge is 2.13. The first-order valence-electron chi connectivity index (χ1n) is 6.13. The summed E-state index contributed by atoms with van der Waals surface area (Å²) < 4.78 is 18.8. The van der Waals surface area contributed by atoms with Gasteiger partial charge < -0.3 is 9.73 Å². The number of rotatable bonds is 4. The number of nitrogens with one attached hydrogen (secondary N) is 1. The summed E-state index contributed by atoms with van der Waals surface area (Å²) in [7, 11) is 0. The van der Waals surface area contributed by atoms with Crippen LogP contribution in [0.1, 0.15) is 42.8 Å². The van der Waals surface area contributed by atoms with Gasteiger partial charge in [0, 0.05) is 6.04 Å². The fourth-order valence-electron chi connectivity index (χ4n) is 1.97. The molecule has 2 rings (SSSR count). The maximum atomic E-state index is 13.5. The van der Waals surface area contributed by atoms with Gasteiger partial charge in [-0.3, -0.25) is 0 Å². The molecule has 0 aliphatic rings. The van der Waals surface area contributed by atoms with Crippen molar-refractivity contribution < 1.29 is 8.81 Å². The number of hydrogen-bond acceptors (Lipinski definition) is 2. The lowest BCUT2D eigenvalue weighted by atomic mass is 10.0. The van der Waals surface area contributed by atoms with Gasteiger partial charge in [0.15, 0.2) is 0 Å². The third-order valence-electron chi connectivity index (χ3n) is 3.17. The van der Waals surface area contributed by atoms with Crippen LogP contribution < -0.4 is 5.32 Å². The Kier molecular flexibility index (Phi) is 3.82. The third-order valence-corrected chi connectivity index (χ3v) is 3.17. The highest BCUT2D eigenvalue weighted by molar-refractivity contribution is 5.25. The molecule has 0 radical (unpaired) electrons. The Hall–Kier alpha value is -1.61. The molecule has 96 valence electrons. The van der Waals surface area contributed by atoms with Gasteiger partial charge in [0.2, 0.25) is 0 Å². The SMILES string of the molecule is Cc1ccc(C(C)NC(C)c2ccco2)cc1F. The number of aryl methyl sites for hydroxylation is 1. The van der Waals surface area contributed by atoms with E-state index in [1.807, 2.05) is 32.0 Å². The zero-order chi connectivity index (χ0) is 13.1. The Labute approximate surface area is 107 Å². The van der Waals surface area contributed by atoms with Gasteiger partial charge in [-0.25, -0.2) is 4.39 Å². The van der Waals surface area contributed by atoms with Crippen molar-refractivity contribution in [2.45, 2.75) is 32.9 Å². The van der Waals surface area contributed by atoms with E-state index in [0.29, 0.717) is 5.56 Å². The van der Waals surface area contributed by atoms with Crippen LogP contribution in [-0.4, -0.2) is 0 Å². The summed E-state index contributed by atoms with van der Waals surface area (Å²) in [6.07, 6.45) is 1.66. The molecule has 1 N–H and O–H groups in total. The lowest BCUT2D eigenvalue weighted by Gasteiger charge is -2.19. The molecule has 1 heterocycles. The fraction of sp³-hybridized carbons (Fsp3) is 0.333. The van der Waals surface area contributed by atoms with Crippen LogP contribution in [0.25, 0.3) is 0 Å². The topological polar surface area (TPSA) is 25.2 Å². The van der Waals surface area contributed by atoms with Crippen molar-refractivity contribution in [1.29, 1.82) is 0 Å². The smallest absolute Gasteiger partial charge is 0.126 e. The van der Waals surface area contributed by atoms with Gasteiger partial charge in [-0.15, -0.1) is 0 Å². The Morgan fingerprint density at radius 1 is 1.17 bits per heavy atom. The molecule has 2 unspecified atom stereocenters. The van der Waals surface area contributed by atoms with Crippen LogP contribution >= 0.6 is 0 Å². The molecule has 0 saturated heterocycles. The average molecular weight is 247 g/mol. The van der Waals surface area contributed by atoms with E-state index >= 15 is 0 Å². The van der Waals surface area contributed by atoms with Gasteiger partial charge >= 0.3 is 0 Å². The van der Waals surface area contributed by atoms with Crippen molar-refractivity contribution in [3.63, 3.8) is 0 Å². The first-order valence-corrected chi connectivity index (χ1v) is 6.13. The van der Waals surface area contributed by atoms with Crippen LogP contribution in [0.5, 0.6) is 0 Å². The lowest BCUT2D eigenvalue weighted by Crippen LogP contribution is -2.22. The second-order valence-corrected chi connectivity index (χ2v) is 4.63. The van der Waals surface area contributed by atoms with Gasteiger partial charge in [0.25, 0.3) is 0 Å². The number of hydrogen-bond donors (Lipinski definition) is 1. The highest BCUT2D eigenvalue weighted by Crippen LogP contribution is 2.21. The molecule has 2 aromatic rings. The largest absolute Gasteiger partial charge is 0.468 e. The predicted octanol–water partition coefficient (Wildman–Crippen LogP) is 4.14. The van der Waals surface area contributed by atoms with Gasteiger partial charge in [0.1, 0.15) is 11.6 Å². The molecule has 2 nitrogen and oxygen atoms in total. The van der Waals surface area contributed by atoms with Gasteiger partial charge in [-0.1, -0.05) is 12.1 Å². The molecular weight excluding hydrogens is 229 g/mol. The molecule has 3 heteroatoms. The third kappa shape index (κ3) is 2.79. The Balaban J connectivity index is 2.07. The average Bonchev–Trinajstić information content (AvgIpc) is 2.86. The minimum Gasteiger partial charge on any atom is -0.468 e. The van der Waals surface area contributed by atoms with Crippen LogP contribution in [0.15, 0.2) is 41.0 Å². The highest BCUT2D eigenvalue weighted by atomic mass is 19.1. The summed E-state index contributed by atoms with van der Waals surface area (Å²) in [6.45, 7) is 5.81. The van der Waals surface area contributed by atoms with Crippen molar-refractivity contribution >= 4 is 0 Å². The maximum absolute atomic E-state index is 13.5. The summed E-state index contributed by atoms with van der Waals surface area (Å²) in [4.78, 5) is 0. The molecule has 1 aromatic carbocycles. The summed E-state index contributed by atoms with van der Waals surface area (Å²) >= 11 is 0. The lowest BCUT2D eigenvalue weighted by molar-refractivity contribution is 0.402. The number of furan rings is 1. The monoisotopic (exact) mass is 247 g/mol. The van der Waals surface area contributed by atoms with E-state index in [2.05, 4.69) is 5.32 Å². The van der Waals surface area contributed by atoms with E-state index < -0.39 is 0 Å². The van der Waals surface area contributed by atoms with E-state index in [4.69, 9.17) is 4.42 Å². The second kappa shape index (κ2) is 5.36. The first-order chi connectivity index (χ1) is 8.58. The molecule has 18 heavy (non-hydrogen) atoms. The van der Waals surface area contributed by atoms with E-state index in [1.54, 1.807) is 25.3 Å². The molecule has 0 spiro atoms. The predicted molar refractivity (Wildman–Crippen MR) is 69.8 cm³/mol. The molecule has 0 aliphatic heterocycles.